The maximum atomic E-state index is 14.6. The van der Waals surface area contributed by atoms with E-state index in [-0.39, 0.29) is 18.5 Å². The van der Waals surface area contributed by atoms with Gasteiger partial charge in [0.1, 0.15) is 23.5 Å². The number of hydrogen-bond acceptors (Lipinski definition) is 6. The molecule has 2 aromatic heterocycles. The van der Waals surface area contributed by atoms with Crippen LogP contribution >= 0.6 is 0 Å². The first kappa shape index (κ1) is 22.3. The van der Waals surface area contributed by atoms with Gasteiger partial charge < -0.3 is 25.1 Å². The first-order valence-electron chi connectivity index (χ1n) is 11.9. The van der Waals surface area contributed by atoms with Crippen molar-refractivity contribution in [2.24, 2.45) is 0 Å². The Bertz CT molecular complexity index is 1410. The topological polar surface area (TPSA) is 93.4 Å². The van der Waals surface area contributed by atoms with Gasteiger partial charge in [0.25, 0.3) is 5.91 Å². The molecule has 0 spiro atoms. The SMILES string of the molecule is O=C(O)C1CN(C(=O)c2cnn3ccc(N4CCCC4c4cc(F)ccc4F)cc23)C=C2NCCN21. The number of nitrogens with one attached hydrogen (secondary N) is 1. The van der Waals surface area contributed by atoms with Crippen LogP contribution < -0.4 is 10.2 Å². The molecule has 36 heavy (non-hydrogen) atoms. The quantitative estimate of drug-likeness (QED) is 0.576. The second-order valence-electron chi connectivity index (χ2n) is 9.24. The maximum absolute atomic E-state index is 14.6. The van der Waals surface area contributed by atoms with E-state index < -0.39 is 23.6 Å². The maximum Gasteiger partial charge on any atom is 0.328 e. The summed E-state index contributed by atoms with van der Waals surface area (Å²) in [6.07, 6.45) is 6.34. The predicted molar refractivity (Wildman–Crippen MR) is 126 cm³/mol. The zero-order chi connectivity index (χ0) is 25.0. The van der Waals surface area contributed by atoms with Gasteiger partial charge in [-0.05, 0) is 43.2 Å². The number of aliphatic carboxylic acids is 1. The van der Waals surface area contributed by atoms with Crippen LogP contribution in [0.5, 0.6) is 0 Å². The standard InChI is InChI=1S/C25H24F2N6O3/c26-15-3-4-19(27)17(10-15)20-2-1-7-31(20)16-5-8-33-21(11-16)18(12-29-33)24(34)30-13-22(25(35)36)32-9-6-28-23(32)14-30/h3-5,8,10-12,14,20,22,28H,1-2,6-7,9,13H2,(H,35,36). The molecule has 1 aromatic carbocycles. The number of pyridine rings is 1. The van der Waals surface area contributed by atoms with Gasteiger partial charge in [-0.3, -0.25) is 4.79 Å². The van der Waals surface area contributed by atoms with Crippen molar-refractivity contribution in [2.45, 2.75) is 24.9 Å². The first-order chi connectivity index (χ1) is 17.4. The number of anilines is 1. The van der Waals surface area contributed by atoms with Crippen molar-refractivity contribution in [3.63, 3.8) is 0 Å². The molecule has 6 rings (SSSR count). The molecule has 0 saturated carbocycles. The van der Waals surface area contributed by atoms with Gasteiger partial charge in [0.05, 0.1) is 29.9 Å². The summed E-state index contributed by atoms with van der Waals surface area (Å²) >= 11 is 0. The van der Waals surface area contributed by atoms with Crippen molar-refractivity contribution in [3.8, 4) is 0 Å². The van der Waals surface area contributed by atoms with Crippen molar-refractivity contribution in [1.82, 2.24) is 24.7 Å². The van der Waals surface area contributed by atoms with Gasteiger partial charge in [0.15, 0.2) is 0 Å². The summed E-state index contributed by atoms with van der Waals surface area (Å²) in [5, 5.41) is 17.1. The number of nitrogens with zero attached hydrogens (tertiary/aromatic N) is 5. The number of carboxylic acids is 1. The number of hydrogen-bond donors (Lipinski definition) is 2. The van der Waals surface area contributed by atoms with Crippen LogP contribution in [-0.4, -0.2) is 68.6 Å². The molecule has 2 fully saturated rings. The number of rotatable bonds is 4. The third-order valence-electron chi connectivity index (χ3n) is 7.18. The summed E-state index contributed by atoms with van der Waals surface area (Å²) in [4.78, 5) is 30.5. The summed E-state index contributed by atoms with van der Waals surface area (Å²) in [5.41, 5.74) is 1.96. The van der Waals surface area contributed by atoms with Crippen LogP contribution in [0.4, 0.5) is 14.5 Å². The Hall–Kier alpha value is -4.15. The van der Waals surface area contributed by atoms with Crippen molar-refractivity contribution >= 4 is 23.1 Å². The van der Waals surface area contributed by atoms with Crippen LogP contribution in [0.2, 0.25) is 0 Å². The number of aromatic nitrogens is 2. The zero-order valence-corrected chi connectivity index (χ0v) is 19.3. The third kappa shape index (κ3) is 3.62. The minimum absolute atomic E-state index is 0.0173. The average molecular weight is 495 g/mol. The molecular weight excluding hydrogens is 470 g/mol. The van der Waals surface area contributed by atoms with Crippen molar-refractivity contribution in [3.05, 3.63) is 77.5 Å². The Labute approximate surface area is 205 Å². The Morgan fingerprint density at radius 2 is 1.97 bits per heavy atom. The molecule has 9 nitrogen and oxygen atoms in total. The van der Waals surface area contributed by atoms with Crippen LogP contribution in [0.1, 0.15) is 34.8 Å². The molecule has 0 aliphatic carbocycles. The molecule has 3 aliphatic heterocycles. The summed E-state index contributed by atoms with van der Waals surface area (Å²) in [5.74, 6) is -1.67. The molecule has 2 N–H and O–H groups in total. The summed E-state index contributed by atoms with van der Waals surface area (Å²) in [6.45, 7) is 1.85. The molecular formula is C25H24F2N6O3. The highest BCUT2D eigenvalue weighted by Crippen LogP contribution is 2.38. The van der Waals surface area contributed by atoms with Crippen molar-refractivity contribution in [2.75, 3.05) is 31.1 Å². The first-order valence-corrected chi connectivity index (χ1v) is 11.9. The number of amides is 1. The lowest BCUT2D eigenvalue weighted by molar-refractivity contribution is -0.143. The Morgan fingerprint density at radius 1 is 1.11 bits per heavy atom. The Morgan fingerprint density at radius 3 is 2.81 bits per heavy atom. The molecule has 2 unspecified atom stereocenters. The van der Waals surface area contributed by atoms with E-state index in [1.54, 1.807) is 21.8 Å². The number of carbonyl (C=O) groups is 2. The van der Waals surface area contributed by atoms with Gasteiger partial charge in [-0.25, -0.2) is 18.1 Å². The number of halogens is 2. The van der Waals surface area contributed by atoms with E-state index in [1.807, 2.05) is 17.0 Å². The minimum Gasteiger partial charge on any atom is -0.480 e. The van der Waals surface area contributed by atoms with Crippen molar-refractivity contribution in [1.29, 1.82) is 0 Å². The van der Waals surface area contributed by atoms with Crippen LogP contribution in [0.3, 0.4) is 0 Å². The lowest BCUT2D eigenvalue weighted by Gasteiger charge is -2.35. The lowest BCUT2D eigenvalue weighted by Crippen LogP contribution is -2.51. The fourth-order valence-electron chi connectivity index (χ4n) is 5.44. The summed E-state index contributed by atoms with van der Waals surface area (Å²) < 4.78 is 30.0. The third-order valence-corrected chi connectivity index (χ3v) is 7.18. The number of benzene rings is 1. The van der Waals surface area contributed by atoms with E-state index in [1.165, 1.54) is 17.2 Å². The van der Waals surface area contributed by atoms with Gasteiger partial charge in [0, 0.05) is 43.3 Å². The second kappa shape index (κ2) is 8.51. The van der Waals surface area contributed by atoms with Crippen molar-refractivity contribution < 1.29 is 23.5 Å². The molecule has 2 atom stereocenters. The lowest BCUT2D eigenvalue weighted by atomic mass is 10.0. The van der Waals surface area contributed by atoms with Crippen LogP contribution in [0.15, 0.2) is 54.7 Å². The normalized spacial score (nSPS) is 21.5. The van der Waals surface area contributed by atoms with E-state index in [9.17, 15) is 23.5 Å². The molecule has 2 saturated heterocycles. The molecule has 11 heteroatoms. The van der Waals surface area contributed by atoms with Gasteiger partial charge >= 0.3 is 5.97 Å². The van der Waals surface area contributed by atoms with Crippen LogP contribution in [0, 0.1) is 11.6 Å². The van der Waals surface area contributed by atoms with Gasteiger partial charge in [-0.1, -0.05) is 0 Å². The smallest absolute Gasteiger partial charge is 0.328 e. The average Bonchev–Trinajstić information content (AvgIpc) is 3.63. The molecule has 186 valence electrons. The van der Waals surface area contributed by atoms with Gasteiger partial charge in [-0.2, -0.15) is 5.10 Å². The molecule has 1 amide bonds. The highest BCUT2D eigenvalue weighted by molar-refractivity contribution is 6.02. The number of carbonyl (C=O) groups excluding carboxylic acids is 1. The molecule has 0 bridgehead atoms. The van der Waals surface area contributed by atoms with Crippen LogP contribution in [0.25, 0.3) is 5.52 Å². The monoisotopic (exact) mass is 494 g/mol. The molecule has 3 aromatic rings. The van der Waals surface area contributed by atoms with Gasteiger partial charge in [-0.15, -0.1) is 0 Å². The zero-order valence-electron chi connectivity index (χ0n) is 19.3. The largest absolute Gasteiger partial charge is 0.480 e. The van der Waals surface area contributed by atoms with E-state index in [4.69, 9.17) is 0 Å². The Balaban J connectivity index is 1.34. The number of fused-ring (bicyclic) bond motifs is 2. The van der Waals surface area contributed by atoms with E-state index in [0.29, 0.717) is 48.5 Å². The fraction of sp³-hybridized carbons (Fsp3) is 0.320. The summed E-state index contributed by atoms with van der Waals surface area (Å²) in [6, 6.07) is 6.00. The Kier molecular flexibility index (Phi) is 5.27. The predicted octanol–water partition coefficient (Wildman–Crippen LogP) is 2.57. The summed E-state index contributed by atoms with van der Waals surface area (Å²) in [7, 11) is 0. The molecule has 3 aliphatic rings. The second-order valence-corrected chi connectivity index (χ2v) is 9.24. The minimum atomic E-state index is -0.992. The fourth-order valence-corrected chi connectivity index (χ4v) is 5.44. The molecule has 0 radical (unpaired) electrons. The van der Waals surface area contributed by atoms with Crippen LogP contribution in [-0.2, 0) is 4.79 Å². The van der Waals surface area contributed by atoms with E-state index >= 15 is 0 Å². The highest BCUT2D eigenvalue weighted by atomic mass is 19.1. The van der Waals surface area contributed by atoms with Gasteiger partial charge in [0.2, 0.25) is 0 Å². The van der Waals surface area contributed by atoms with E-state index in [2.05, 4.69) is 10.4 Å². The number of carboxylic acid groups (broad SMARTS) is 1. The van der Waals surface area contributed by atoms with E-state index in [0.717, 1.165) is 24.2 Å². The molecule has 5 heterocycles. The highest BCUT2D eigenvalue weighted by Gasteiger charge is 2.38.